The normalized spacial score (nSPS) is 12.3. The molecule has 0 radical (unpaired) electrons. The van der Waals surface area contributed by atoms with Crippen molar-refractivity contribution in [2.24, 2.45) is 0 Å². The van der Waals surface area contributed by atoms with Crippen LogP contribution in [0.2, 0.25) is 0 Å². The minimum absolute atomic E-state index is 0.177. The molecule has 1 atom stereocenters. The summed E-state index contributed by atoms with van der Waals surface area (Å²) in [6.07, 6.45) is 0. The van der Waals surface area contributed by atoms with Gasteiger partial charge in [-0.15, -0.1) is 0 Å². The molecule has 0 heterocycles. The third-order valence-corrected chi connectivity index (χ3v) is 6.26. The van der Waals surface area contributed by atoms with Gasteiger partial charge in [-0.1, -0.05) is 18.2 Å². The lowest BCUT2D eigenvalue weighted by molar-refractivity contribution is 0.0940. The standard InChI is InChI=1S/C23H23FN2O3S/c1-15-7-12-22(13-16(15)2)30(28,29)26-21-10-8-18(9-11-21)23(27)25-17(3)19-5-4-6-20(24)14-19/h4-14,17,26H,1-3H3,(H,25,27). The summed E-state index contributed by atoms with van der Waals surface area (Å²) in [7, 11) is -3.73. The summed E-state index contributed by atoms with van der Waals surface area (Å²) >= 11 is 0. The molecule has 1 amide bonds. The molecule has 0 saturated carbocycles. The molecular weight excluding hydrogens is 403 g/mol. The Morgan fingerprint density at radius 3 is 2.27 bits per heavy atom. The lowest BCUT2D eigenvalue weighted by Crippen LogP contribution is -2.26. The van der Waals surface area contributed by atoms with Crippen molar-refractivity contribution in [2.45, 2.75) is 31.7 Å². The van der Waals surface area contributed by atoms with Gasteiger partial charge < -0.3 is 5.32 Å². The Hall–Kier alpha value is -3.19. The predicted molar refractivity (Wildman–Crippen MR) is 115 cm³/mol. The van der Waals surface area contributed by atoms with Crippen molar-refractivity contribution in [3.05, 3.63) is 94.8 Å². The number of anilines is 1. The van der Waals surface area contributed by atoms with Crippen LogP contribution >= 0.6 is 0 Å². The summed E-state index contributed by atoms with van der Waals surface area (Å²) in [4.78, 5) is 12.6. The van der Waals surface area contributed by atoms with Crippen LogP contribution in [0.25, 0.3) is 0 Å². The van der Waals surface area contributed by atoms with E-state index in [2.05, 4.69) is 10.0 Å². The Bertz CT molecular complexity index is 1180. The molecule has 156 valence electrons. The zero-order valence-corrected chi connectivity index (χ0v) is 17.8. The molecule has 7 heteroatoms. The molecule has 1 unspecified atom stereocenters. The summed E-state index contributed by atoms with van der Waals surface area (Å²) in [6, 6.07) is 16.7. The van der Waals surface area contributed by atoms with E-state index in [0.29, 0.717) is 16.8 Å². The average molecular weight is 427 g/mol. The van der Waals surface area contributed by atoms with E-state index < -0.39 is 10.0 Å². The van der Waals surface area contributed by atoms with Crippen LogP contribution in [0.4, 0.5) is 10.1 Å². The van der Waals surface area contributed by atoms with E-state index in [1.54, 1.807) is 37.3 Å². The molecule has 3 aromatic carbocycles. The number of benzene rings is 3. The van der Waals surface area contributed by atoms with Crippen molar-refractivity contribution in [2.75, 3.05) is 4.72 Å². The van der Waals surface area contributed by atoms with Crippen LogP contribution in [0.15, 0.2) is 71.6 Å². The molecule has 0 aliphatic heterocycles. The Labute approximate surface area is 176 Å². The van der Waals surface area contributed by atoms with Crippen molar-refractivity contribution >= 4 is 21.6 Å². The third-order valence-electron chi connectivity index (χ3n) is 4.88. The molecule has 0 spiro atoms. The van der Waals surface area contributed by atoms with E-state index >= 15 is 0 Å². The molecule has 0 fully saturated rings. The summed E-state index contributed by atoms with van der Waals surface area (Å²) in [5, 5.41) is 2.80. The maximum absolute atomic E-state index is 13.4. The molecule has 0 aliphatic rings. The predicted octanol–water partition coefficient (Wildman–Crippen LogP) is 4.73. The van der Waals surface area contributed by atoms with Gasteiger partial charge in [0, 0.05) is 11.3 Å². The third kappa shape index (κ3) is 5.04. The number of hydrogen-bond acceptors (Lipinski definition) is 3. The number of amides is 1. The van der Waals surface area contributed by atoms with Gasteiger partial charge in [0.25, 0.3) is 15.9 Å². The SMILES string of the molecule is Cc1ccc(S(=O)(=O)Nc2ccc(C(=O)NC(C)c3cccc(F)c3)cc2)cc1C. The zero-order valence-electron chi connectivity index (χ0n) is 16.9. The average Bonchev–Trinajstić information content (AvgIpc) is 2.70. The van der Waals surface area contributed by atoms with E-state index in [9.17, 15) is 17.6 Å². The summed E-state index contributed by atoms with van der Waals surface area (Å²) in [6.45, 7) is 5.53. The van der Waals surface area contributed by atoms with Crippen LogP contribution in [0, 0.1) is 19.7 Å². The van der Waals surface area contributed by atoms with E-state index in [0.717, 1.165) is 11.1 Å². The zero-order chi connectivity index (χ0) is 21.9. The largest absolute Gasteiger partial charge is 0.346 e. The molecule has 3 aromatic rings. The minimum Gasteiger partial charge on any atom is -0.346 e. The number of hydrogen-bond donors (Lipinski definition) is 2. The maximum Gasteiger partial charge on any atom is 0.261 e. The van der Waals surface area contributed by atoms with Gasteiger partial charge in [-0.25, -0.2) is 12.8 Å². The second kappa shape index (κ2) is 8.67. The van der Waals surface area contributed by atoms with Crippen LogP contribution in [0.3, 0.4) is 0 Å². The minimum atomic E-state index is -3.73. The number of halogens is 1. The van der Waals surface area contributed by atoms with Gasteiger partial charge in [0.2, 0.25) is 0 Å². The van der Waals surface area contributed by atoms with Crippen LogP contribution in [0.5, 0.6) is 0 Å². The highest BCUT2D eigenvalue weighted by molar-refractivity contribution is 7.92. The molecule has 5 nitrogen and oxygen atoms in total. The van der Waals surface area contributed by atoms with E-state index in [4.69, 9.17) is 0 Å². The topological polar surface area (TPSA) is 75.3 Å². The Balaban J connectivity index is 1.69. The first-order valence-corrected chi connectivity index (χ1v) is 10.9. The number of carbonyl (C=O) groups is 1. The van der Waals surface area contributed by atoms with Gasteiger partial charge in [0.05, 0.1) is 10.9 Å². The van der Waals surface area contributed by atoms with Crippen LogP contribution in [0.1, 0.15) is 40.0 Å². The highest BCUT2D eigenvalue weighted by Gasteiger charge is 2.16. The van der Waals surface area contributed by atoms with Gasteiger partial charge >= 0.3 is 0 Å². The van der Waals surface area contributed by atoms with Crippen LogP contribution in [-0.2, 0) is 10.0 Å². The molecule has 0 bridgehead atoms. The number of nitrogens with one attached hydrogen (secondary N) is 2. The number of sulfonamides is 1. The first kappa shape index (κ1) is 21.5. The second-order valence-corrected chi connectivity index (χ2v) is 8.86. The Morgan fingerprint density at radius 1 is 0.933 bits per heavy atom. The highest BCUT2D eigenvalue weighted by atomic mass is 32.2. The van der Waals surface area contributed by atoms with Gasteiger partial charge in [-0.2, -0.15) is 0 Å². The molecule has 2 N–H and O–H groups in total. The number of rotatable bonds is 6. The first-order valence-electron chi connectivity index (χ1n) is 9.42. The number of aryl methyl sites for hydroxylation is 2. The summed E-state index contributed by atoms with van der Waals surface area (Å²) < 4.78 is 41.1. The lowest BCUT2D eigenvalue weighted by atomic mass is 10.1. The quantitative estimate of drug-likeness (QED) is 0.598. The summed E-state index contributed by atoms with van der Waals surface area (Å²) in [5.41, 5.74) is 3.27. The van der Waals surface area contributed by atoms with Crippen molar-refractivity contribution in [3.63, 3.8) is 0 Å². The van der Waals surface area contributed by atoms with E-state index in [1.807, 2.05) is 13.8 Å². The van der Waals surface area contributed by atoms with Crippen molar-refractivity contribution in [1.82, 2.24) is 5.32 Å². The lowest BCUT2D eigenvalue weighted by Gasteiger charge is -2.15. The van der Waals surface area contributed by atoms with Crippen LogP contribution in [-0.4, -0.2) is 14.3 Å². The number of carbonyl (C=O) groups excluding carboxylic acids is 1. The summed E-state index contributed by atoms with van der Waals surface area (Å²) in [5.74, 6) is -0.704. The van der Waals surface area contributed by atoms with E-state index in [1.165, 1.54) is 36.4 Å². The van der Waals surface area contributed by atoms with Gasteiger partial charge in [-0.3, -0.25) is 9.52 Å². The maximum atomic E-state index is 13.4. The molecular formula is C23H23FN2O3S. The van der Waals surface area contributed by atoms with Gasteiger partial charge in [0.15, 0.2) is 0 Å². The van der Waals surface area contributed by atoms with Gasteiger partial charge in [-0.05, 0) is 86.0 Å². The van der Waals surface area contributed by atoms with Crippen molar-refractivity contribution < 1.29 is 17.6 Å². The van der Waals surface area contributed by atoms with E-state index in [-0.39, 0.29) is 22.7 Å². The molecule has 3 rings (SSSR count). The second-order valence-electron chi connectivity index (χ2n) is 7.18. The van der Waals surface area contributed by atoms with Crippen molar-refractivity contribution in [3.8, 4) is 0 Å². The van der Waals surface area contributed by atoms with Gasteiger partial charge in [0.1, 0.15) is 5.82 Å². The fourth-order valence-electron chi connectivity index (χ4n) is 2.92. The Morgan fingerprint density at radius 2 is 1.63 bits per heavy atom. The van der Waals surface area contributed by atoms with Crippen molar-refractivity contribution in [1.29, 1.82) is 0 Å². The first-order chi connectivity index (χ1) is 14.2. The fraction of sp³-hybridized carbons (Fsp3) is 0.174. The van der Waals surface area contributed by atoms with Crippen LogP contribution < -0.4 is 10.0 Å². The highest BCUT2D eigenvalue weighted by Crippen LogP contribution is 2.20. The Kier molecular flexibility index (Phi) is 6.22. The fourth-order valence-corrected chi connectivity index (χ4v) is 4.07. The molecule has 0 saturated heterocycles. The molecule has 0 aromatic heterocycles. The monoisotopic (exact) mass is 426 g/mol. The molecule has 0 aliphatic carbocycles. The molecule has 30 heavy (non-hydrogen) atoms. The smallest absolute Gasteiger partial charge is 0.261 e.